The molecule has 1 aliphatic carbocycles. The average molecular weight is 772 g/mol. The van der Waals surface area contributed by atoms with Crippen molar-refractivity contribution in [3.05, 3.63) is 212 Å². The third kappa shape index (κ3) is 6.37. The van der Waals surface area contributed by atoms with Gasteiger partial charge in [-0.3, -0.25) is 0 Å². The lowest BCUT2D eigenvalue weighted by molar-refractivity contribution is 0.445. The van der Waals surface area contributed by atoms with Crippen molar-refractivity contribution in [3.8, 4) is 44.5 Å². The molecule has 1 saturated carbocycles. The molecule has 0 spiro atoms. The zero-order valence-corrected chi connectivity index (χ0v) is 33.6. The van der Waals surface area contributed by atoms with Gasteiger partial charge in [-0.25, -0.2) is 0 Å². The molecule has 11 rings (SSSR count). The predicted molar refractivity (Wildman–Crippen MR) is 253 cm³/mol. The maximum absolute atomic E-state index is 6.47. The highest BCUT2D eigenvalue weighted by Crippen LogP contribution is 2.50. The molecule has 1 aromatic heterocycles. The van der Waals surface area contributed by atoms with Crippen LogP contribution in [0.15, 0.2) is 211 Å². The molecule has 0 aliphatic heterocycles. The molecule has 2 nitrogen and oxygen atoms in total. The van der Waals surface area contributed by atoms with E-state index in [-0.39, 0.29) is 0 Å². The molecule has 1 fully saturated rings. The van der Waals surface area contributed by atoms with Gasteiger partial charge < -0.3 is 9.32 Å². The second-order valence-corrected chi connectivity index (χ2v) is 16.2. The van der Waals surface area contributed by atoms with E-state index >= 15 is 0 Å². The minimum atomic E-state index is 0.567. The van der Waals surface area contributed by atoms with E-state index in [0.717, 1.165) is 61.3 Å². The summed E-state index contributed by atoms with van der Waals surface area (Å²) in [5.74, 6) is 0.567. The summed E-state index contributed by atoms with van der Waals surface area (Å²) in [6.45, 7) is 0. The van der Waals surface area contributed by atoms with Crippen LogP contribution in [0.1, 0.15) is 43.6 Å². The van der Waals surface area contributed by atoms with Gasteiger partial charge in [-0.1, -0.05) is 195 Å². The summed E-state index contributed by atoms with van der Waals surface area (Å²) in [6, 6.07) is 75.3. The number of hydrogen-bond acceptors (Lipinski definition) is 2. The minimum absolute atomic E-state index is 0.567. The molecule has 0 N–H and O–H groups in total. The Balaban J connectivity index is 1.17. The summed E-state index contributed by atoms with van der Waals surface area (Å²) in [7, 11) is 0. The van der Waals surface area contributed by atoms with Gasteiger partial charge in [-0.15, -0.1) is 0 Å². The summed E-state index contributed by atoms with van der Waals surface area (Å²) >= 11 is 0. The second-order valence-electron chi connectivity index (χ2n) is 16.2. The van der Waals surface area contributed by atoms with Crippen molar-refractivity contribution in [2.45, 2.75) is 38.0 Å². The van der Waals surface area contributed by atoms with Crippen molar-refractivity contribution < 1.29 is 4.42 Å². The molecule has 0 amide bonds. The molecule has 9 aromatic carbocycles. The standard InChI is InChI=1S/C58H45NO/c1-3-18-40(19-4-1)41-36-38-43(39-37-41)45-24-7-11-31-52(45)59(54-33-13-9-26-48(54)50-30-17-35-56-58(50)51-27-10-14-34-55(51)60-56)53-32-12-8-25-47(53)49-29-16-23-44-22-15-28-46(57(44)49)42-20-5-2-6-21-42/h1,3-4,7-19,22-39,42H,2,5-6,20-21H2. The van der Waals surface area contributed by atoms with Crippen LogP contribution >= 0.6 is 0 Å². The fraction of sp³-hybridized carbons (Fsp3) is 0.103. The van der Waals surface area contributed by atoms with Crippen LogP contribution in [0.25, 0.3) is 77.2 Å². The third-order valence-corrected chi connectivity index (χ3v) is 12.7. The van der Waals surface area contributed by atoms with E-state index in [4.69, 9.17) is 4.42 Å². The Morgan fingerprint density at radius 1 is 0.350 bits per heavy atom. The van der Waals surface area contributed by atoms with Gasteiger partial charge in [-0.05, 0) is 93.2 Å². The Morgan fingerprint density at radius 3 is 1.57 bits per heavy atom. The molecule has 288 valence electrons. The van der Waals surface area contributed by atoms with Crippen LogP contribution in [0, 0.1) is 0 Å². The number of para-hydroxylation sites is 4. The molecule has 60 heavy (non-hydrogen) atoms. The van der Waals surface area contributed by atoms with Crippen LogP contribution in [-0.2, 0) is 0 Å². The highest BCUT2D eigenvalue weighted by atomic mass is 16.3. The number of rotatable bonds is 8. The molecule has 0 atom stereocenters. The topological polar surface area (TPSA) is 16.4 Å². The fourth-order valence-electron chi connectivity index (χ4n) is 9.91. The van der Waals surface area contributed by atoms with Gasteiger partial charge in [0.15, 0.2) is 0 Å². The fourth-order valence-corrected chi connectivity index (χ4v) is 9.91. The summed E-state index contributed by atoms with van der Waals surface area (Å²) in [6.07, 6.45) is 6.43. The quantitative estimate of drug-likeness (QED) is 0.153. The van der Waals surface area contributed by atoms with Crippen LogP contribution < -0.4 is 4.90 Å². The lowest BCUT2D eigenvalue weighted by Crippen LogP contribution is -2.14. The molecule has 0 radical (unpaired) electrons. The van der Waals surface area contributed by atoms with Crippen LogP contribution in [0.5, 0.6) is 0 Å². The van der Waals surface area contributed by atoms with Crippen LogP contribution in [0.4, 0.5) is 17.1 Å². The first-order valence-electron chi connectivity index (χ1n) is 21.5. The third-order valence-electron chi connectivity index (χ3n) is 12.7. The van der Waals surface area contributed by atoms with E-state index in [2.05, 4.69) is 205 Å². The normalized spacial score (nSPS) is 13.3. The van der Waals surface area contributed by atoms with Gasteiger partial charge >= 0.3 is 0 Å². The number of nitrogens with zero attached hydrogens (tertiary/aromatic N) is 1. The van der Waals surface area contributed by atoms with E-state index in [9.17, 15) is 0 Å². The van der Waals surface area contributed by atoms with Gasteiger partial charge in [0.25, 0.3) is 0 Å². The Labute approximate surface area is 352 Å². The lowest BCUT2D eigenvalue weighted by Gasteiger charge is -2.32. The van der Waals surface area contributed by atoms with E-state index in [0.29, 0.717) is 5.92 Å². The van der Waals surface area contributed by atoms with Gasteiger partial charge in [-0.2, -0.15) is 0 Å². The van der Waals surface area contributed by atoms with Crippen molar-refractivity contribution in [3.63, 3.8) is 0 Å². The monoisotopic (exact) mass is 771 g/mol. The Bertz CT molecular complexity index is 3130. The molecular formula is C58H45NO. The summed E-state index contributed by atoms with van der Waals surface area (Å²) in [4.78, 5) is 2.52. The lowest BCUT2D eigenvalue weighted by atomic mass is 9.80. The minimum Gasteiger partial charge on any atom is -0.456 e. The number of fused-ring (bicyclic) bond motifs is 4. The van der Waals surface area contributed by atoms with Crippen LogP contribution in [0.3, 0.4) is 0 Å². The first-order valence-corrected chi connectivity index (χ1v) is 21.5. The largest absolute Gasteiger partial charge is 0.456 e. The van der Waals surface area contributed by atoms with Crippen molar-refractivity contribution in [2.75, 3.05) is 4.90 Å². The zero-order valence-electron chi connectivity index (χ0n) is 33.6. The maximum Gasteiger partial charge on any atom is 0.136 e. The van der Waals surface area contributed by atoms with Crippen LogP contribution in [-0.4, -0.2) is 0 Å². The molecule has 1 heterocycles. The first-order chi connectivity index (χ1) is 29.8. The van der Waals surface area contributed by atoms with Crippen molar-refractivity contribution in [2.24, 2.45) is 0 Å². The Kier molecular flexibility index (Phi) is 9.32. The molecular weight excluding hydrogens is 727 g/mol. The van der Waals surface area contributed by atoms with E-state index in [1.165, 1.54) is 70.7 Å². The predicted octanol–water partition coefficient (Wildman–Crippen LogP) is 16.9. The summed E-state index contributed by atoms with van der Waals surface area (Å²) < 4.78 is 6.47. The van der Waals surface area contributed by atoms with Crippen molar-refractivity contribution in [1.82, 2.24) is 0 Å². The number of furan rings is 1. The highest BCUT2D eigenvalue weighted by molar-refractivity contribution is 6.14. The van der Waals surface area contributed by atoms with Gasteiger partial charge in [0, 0.05) is 27.5 Å². The molecule has 10 aromatic rings. The van der Waals surface area contributed by atoms with Gasteiger partial charge in [0.2, 0.25) is 0 Å². The smallest absolute Gasteiger partial charge is 0.136 e. The summed E-state index contributed by atoms with van der Waals surface area (Å²) in [5.41, 5.74) is 16.1. The van der Waals surface area contributed by atoms with Gasteiger partial charge in [0.05, 0.1) is 17.1 Å². The maximum atomic E-state index is 6.47. The Morgan fingerprint density at radius 2 is 0.850 bits per heavy atom. The molecule has 0 saturated heterocycles. The Hall–Kier alpha value is -7.16. The molecule has 2 heteroatoms. The number of hydrogen-bond donors (Lipinski definition) is 0. The zero-order chi connectivity index (χ0) is 39.8. The molecule has 0 unspecified atom stereocenters. The average Bonchev–Trinajstić information content (AvgIpc) is 3.72. The van der Waals surface area contributed by atoms with Crippen molar-refractivity contribution in [1.29, 1.82) is 0 Å². The first kappa shape index (κ1) is 36.0. The van der Waals surface area contributed by atoms with Crippen LogP contribution in [0.2, 0.25) is 0 Å². The summed E-state index contributed by atoms with van der Waals surface area (Å²) in [5, 5.41) is 4.93. The SMILES string of the molecule is c1ccc(-c2ccc(-c3ccccc3N(c3ccccc3-c3cccc4cccc(C5CCCCC5)c34)c3ccccc3-c3cccc4oc5ccccc5c34)cc2)cc1. The number of anilines is 3. The molecule has 1 aliphatic rings. The van der Waals surface area contributed by atoms with Crippen molar-refractivity contribution >= 4 is 49.8 Å². The van der Waals surface area contributed by atoms with E-state index in [1.54, 1.807) is 0 Å². The van der Waals surface area contributed by atoms with E-state index < -0.39 is 0 Å². The molecule has 0 bridgehead atoms. The number of benzene rings is 9. The highest BCUT2D eigenvalue weighted by Gasteiger charge is 2.26. The second kappa shape index (κ2) is 15.5. The van der Waals surface area contributed by atoms with Gasteiger partial charge in [0.1, 0.15) is 11.2 Å². The van der Waals surface area contributed by atoms with E-state index in [1.807, 2.05) is 6.07 Å².